The van der Waals surface area contributed by atoms with Crippen molar-refractivity contribution in [3.05, 3.63) is 53.9 Å². The van der Waals surface area contributed by atoms with Crippen LogP contribution in [0.2, 0.25) is 0 Å². The average molecular weight is 406 g/mol. The number of aromatic amines is 1. The van der Waals surface area contributed by atoms with Crippen molar-refractivity contribution < 1.29 is 0 Å². The van der Waals surface area contributed by atoms with E-state index < -0.39 is 0 Å². The summed E-state index contributed by atoms with van der Waals surface area (Å²) in [5, 5.41) is 3.68. The molecule has 2 N–H and O–H groups in total. The lowest BCUT2D eigenvalue weighted by Crippen LogP contribution is -2.24. The molecule has 1 saturated carbocycles. The predicted octanol–water partition coefficient (Wildman–Crippen LogP) is 6.05. The van der Waals surface area contributed by atoms with Gasteiger partial charge in [-0.3, -0.25) is 0 Å². The fraction of sp³-hybridized carbons (Fsp3) is 0.409. The number of nitrogens with one attached hydrogen (secondary N) is 2. The Labute approximate surface area is 174 Å². The first-order chi connectivity index (χ1) is 12.3. The van der Waals surface area contributed by atoms with Gasteiger partial charge in [0.15, 0.2) is 0 Å². The fourth-order valence-corrected chi connectivity index (χ4v) is 3.99. The molecular weight excluding hydrogens is 377 g/mol. The van der Waals surface area contributed by atoms with Crippen molar-refractivity contribution in [3.8, 4) is 11.1 Å². The summed E-state index contributed by atoms with van der Waals surface area (Å²) in [5.41, 5.74) is 7.36. The molecule has 0 unspecified atom stereocenters. The molecule has 1 aromatic heterocycles. The van der Waals surface area contributed by atoms with E-state index in [-0.39, 0.29) is 24.8 Å². The maximum atomic E-state index is 4.36. The van der Waals surface area contributed by atoms with Crippen molar-refractivity contribution in [1.29, 1.82) is 0 Å². The smallest absolute Gasteiger partial charge is 0.0931 e. The van der Waals surface area contributed by atoms with Crippen LogP contribution >= 0.6 is 24.8 Å². The standard InChI is InChI=1S/C22H27N3.2ClH/c1-16-11-18(19-9-10-21-22(12-19)25-15-24-21)7-8-20(16)14-23-13-17-5-3-2-4-6-17;;/h7-12,15,17,23H,2-6,13-14H2,1H3,(H,24,25);2*1H. The Morgan fingerprint density at radius 2 is 1.74 bits per heavy atom. The number of hydrogen-bond donors (Lipinski definition) is 2. The highest BCUT2D eigenvalue weighted by Crippen LogP contribution is 2.26. The van der Waals surface area contributed by atoms with Gasteiger partial charge >= 0.3 is 0 Å². The van der Waals surface area contributed by atoms with E-state index in [4.69, 9.17) is 0 Å². The van der Waals surface area contributed by atoms with E-state index >= 15 is 0 Å². The molecule has 0 atom stereocenters. The number of H-pyrrole nitrogens is 1. The minimum Gasteiger partial charge on any atom is -0.345 e. The third kappa shape index (κ3) is 5.25. The van der Waals surface area contributed by atoms with Gasteiger partial charge in [-0.1, -0.05) is 43.5 Å². The molecule has 4 rings (SSSR count). The highest BCUT2D eigenvalue weighted by molar-refractivity contribution is 5.85. The van der Waals surface area contributed by atoms with Gasteiger partial charge in [-0.15, -0.1) is 24.8 Å². The van der Waals surface area contributed by atoms with Gasteiger partial charge in [-0.05, 0) is 66.6 Å². The number of benzene rings is 2. The molecule has 1 fully saturated rings. The topological polar surface area (TPSA) is 40.7 Å². The molecule has 27 heavy (non-hydrogen) atoms. The Morgan fingerprint density at radius 1 is 1.00 bits per heavy atom. The van der Waals surface area contributed by atoms with E-state index in [9.17, 15) is 0 Å². The maximum absolute atomic E-state index is 4.36. The molecule has 0 aliphatic heterocycles. The van der Waals surface area contributed by atoms with Crippen LogP contribution in [0.5, 0.6) is 0 Å². The van der Waals surface area contributed by atoms with Crippen LogP contribution < -0.4 is 5.32 Å². The Kier molecular flexibility index (Phi) is 8.15. The summed E-state index contributed by atoms with van der Waals surface area (Å²) in [6.45, 7) is 4.35. The maximum Gasteiger partial charge on any atom is 0.0931 e. The molecule has 0 bridgehead atoms. The van der Waals surface area contributed by atoms with Gasteiger partial charge in [-0.2, -0.15) is 0 Å². The number of fused-ring (bicyclic) bond motifs is 1. The SMILES string of the molecule is Cc1cc(-c2ccc3[nH]cnc3c2)ccc1CNCC1CCCCC1.Cl.Cl. The minimum atomic E-state index is 0. The van der Waals surface area contributed by atoms with Crippen LogP contribution in [-0.4, -0.2) is 16.5 Å². The first-order valence-electron chi connectivity index (χ1n) is 9.53. The molecule has 0 radical (unpaired) electrons. The monoisotopic (exact) mass is 405 g/mol. The Balaban J connectivity index is 0.00000131. The molecule has 2 aromatic carbocycles. The second-order valence-corrected chi connectivity index (χ2v) is 7.41. The molecule has 1 heterocycles. The molecule has 1 aliphatic rings. The lowest BCUT2D eigenvalue weighted by atomic mass is 9.89. The van der Waals surface area contributed by atoms with Gasteiger partial charge in [0.25, 0.3) is 0 Å². The van der Waals surface area contributed by atoms with Crippen LogP contribution in [0.3, 0.4) is 0 Å². The second-order valence-electron chi connectivity index (χ2n) is 7.41. The summed E-state index contributed by atoms with van der Waals surface area (Å²) < 4.78 is 0. The van der Waals surface area contributed by atoms with E-state index in [1.165, 1.54) is 54.4 Å². The molecule has 0 spiro atoms. The lowest BCUT2D eigenvalue weighted by molar-refractivity contribution is 0.342. The lowest BCUT2D eigenvalue weighted by Gasteiger charge is -2.22. The Bertz CT molecular complexity index is 854. The number of aromatic nitrogens is 2. The molecule has 3 nitrogen and oxygen atoms in total. The molecule has 1 aliphatic carbocycles. The van der Waals surface area contributed by atoms with Gasteiger partial charge < -0.3 is 10.3 Å². The summed E-state index contributed by atoms with van der Waals surface area (Å²) in [6, 6.07) is 13.2. The van der Waals surface area contributed by atoms with E-state index in [1.807, 2.05) is 0 Å². The zero-order chi connectivity index (χ0) is 17.1. The van der Waals surface area contributed by atoms with E-state index in [0.29, 0.717) is 0 Å². The van der Waals surface area contributed by atoms with Gasteiger partial charge in [0.2, 0.25) is 0 Å². The molecule has 5 heteroatoms. The van der Waals surface area contributed by atoms with Crippen molar-refractivity contribution in [1.82, 2.24) is 15.3 Å². The van der Waals surface area contributed by atoms with E-state index in [1.54, 1.807) is 6.33 Å². The van der Waals surface area contributed by atoms with Crippen molar-refractivity contribution in [2.45, 2.75) is 45.6 Å². The number of nitrogens with zero attached hydrogens (tertiary/aromatic N) is 1. The predicted molar refractivity (Wildman–Crippen MR) is 119 cm³/mol. The summed E-state index contributed by atoms with van der Waals surface area (Å²) in [7, 11) is 0. The first kappa shape index (κ1) is 21.7. The molecule has 0 saturated heterocycles. The average Bonchev–Trinajstić information content (AvgIpc) is 3.11. The van der Waals surface area contributed by atoms with Crippen molar-refractivity contribution in [2.24, 2.45) is 5.92 Å². The molecule has 3 aromatic rings. The van der Waals surface area contributed by atoms with Crippen LogP contribution in [0.1, 0.15) is 43.2 Å². The van der Waals surface area contributed by atoms with Gasteiger partial charge in [-0.25, -0.2) is 4.98 Å². The zero-order valence-corrected chi connectivity index (χ0v) is 17.5. The van der Waals surface area contributed by atoms with Crippen LogP contribution in [0.15, 0.2) is 42.7 Å². The van der Waals surface area contributed by atoms with Gasteiger partial charge in [0, 0.05) is 6.54 Å². The highest BCUT2D eigenvalue weighted by atomic mass is 35.5. The first-order valence-corrected chi connectivity index (χ1v) is 9.53. The van der Waals surface area contributed by atoms with E-state index in [2.05, 4.69) is 58.6 Å². The largest absolute Gasteiger partial charge is 0.345 e. The highest BCUT2D eigenvalue weighted by Gasteiger charge is 2.12. The summed E-state index contributed by atoms with van der Waals surface area (Å²) >= 11 is 0. The van der Waals surface area contributed by atoms with Crippen LogP contribution in [0, 0.1) is 12.8 Å². The number of imidazole rings is 1. The van der Waals surface area contributed by atoms with Gasteiger partial charge in [0.05, 0.1) is 17.4 Å². The molecular formula is C22H29Cl2N3. The van der Waals surface area contributed by atoms with Crippen molar-refractivity contribution in [3.63, 3.8) is 0 Å². The third-order valence-electron chi connectivity index (χ3n) is 5.57. The molecule has 0 amide bonds. The van der Waals surface area contributed by atoms with Crippen LogP contribution in [-0.2, 0) is 6.54 Å². The summed E-state index contributed by atoms with van der Waals surface area (Å²) in [4.78, 5) is 7.51. The third-order valence-corrected chi connectivity index (χ3v) is 5.57. The van der Waals surface area contributed by atoms with Crippen molar-refractivity contribution >= 4 is 35.8 Å². The summed E-state index contributed by atoms with van der Waals surface area (Å²) in [5.74, 6) is 0.883. The minimum absolute atomic E-state index is 0. The van der Waals surface area contributed by atoms with Crippen molar-refractivity contribution in [2.75, 3.05) is 6.54 Å². The molecule has 146 valence electrons. The quantitative estimate of drug-likeness (QED) is 0.541. The number of hydrogen-bond acceptors (Lipinski definition) is 2. The number of rotatable bonds is 5. The summed E-state index contributed by atoms with van der Waals surface area (Å²) in [6.07, 6.45) is 8.82. The number of halogens is 2. The number of aryl methyl sites for hydroxylation is 1. The van der Waals surface area contributed by atoms with Crippen LogP contribution in [0.25, 0.3) is 22.2 Å². The van der Waals surface area contributed by atoms with Gasteiger partial charge in [0.1, 0.15) is 0 Å². The van der Waals surface area contributed by atoms with E-state index in [0.717, 1.165) is 30.0 Å². The zero-order valence-electron chi connectivity index (χ0n) is 15.8. The Hall–Kier alpha value is -1.55. The fourth-order valence-electron chi connectivity index (χ4n) is 3.99. The second kappa shape index (κ2) is 10.1. The normalized spacial score (nSPS) is 14.6. The van der Waals surface area contributed by atoms with Crippen LogP contribution in [0.4, 0.5) is 0 Å². The Morgan fingerprint density at radius 3 is 2.52 bits per heavy atom.